The summed E-state index contributed by atoms with van der Waals surface area (Å²) in [6.07, 6.45) is 0. The third-order valence-electron chi connectivity index (χ3n) is 2.58. The molecule has 17 heavy (non-hydrogen) atoms. The summed E-state index contributed by atoms with van der Waals surface area (Å²) in [6.45, 7) is 1.24. The van der Waals surface area contributed by atoms with Crippen LogP contribution in [0.2, 0.25) is 0 Å². The van der Waals surface area contributed by atoms with E-state index in [0.29, 0.717) is 0 Å². The number of carbonyl (C=O) groups is 3. The van der Waals surface area contributed by atoms with Gasteiger partial charge in [0.2, 0.25) is 11.7 Å². The van der Waals surface area contributed by atoms with Crippen LogP contribution < -0.4 is 5.32 Å². The molecule has 0 saturated carbocycles. The molecule has 5 heteroatoms. The fourth-order valence-corrected chi connectivity index (χ4v) is 1.80. The molecule has 0 unspecified atom stereocenters. The van der Waals surface area contributed by atoms with Crippen LogP contribution in [0.1, 0.15) is 27.6 Å². The zero-order valence-corrected chi connectivity index (χ0v) is 9.11. The Bertz CT molecular complexity index is 548. The summed E-state index contributed by atoms with van der Waals surface area (Å²) in [6, 6.07) is 5.15. The number of hydrogen-bond acceptors (Lipinski definition) is 4. The molecular weight excluding hydrogens is 220 g/mol. The van der Waals surface area contributed by atoms with Crippen molar-refractivity contribution in [2.24, 2.45) is 0 Å². The molecule has 0 fully saturated rings. The number of nitrogens with one attached hydrogen (secondary N) is 2. The second-order valence-corrected chi connectivity index (χ2v) is 3.79. The van der Waals surface area contributed by atoms with E-state index in [1.807, 2.05) is 0 Å². The topological polar surface area (TPSA) is 87.1 Å². The maximum Gasteiger partial charge on any atom is 0.217 e. The minimum atomic E-state index is -1.16. The first-order valence-corrected chi connectivity index (χ1v) is 5.06. The second-order valence-electron chi connectivity index (χ2n) is 3.79. The molecule has 1 aliphatic carbocycles. The summed E-state index contributed by atoms with van der Waals surface area (Å²) >= 11 is 0. The molecule has 1 aromatic carbocycles. The Balaban J connectivity index is 2.51. The van der Waals surface area contributed by atoms with E-state index >= 15 is 0 Å². The predicted molar refractivity (Wildman–Crippen MR) is 60.4 cm³/mol. The van der Waals surface area contributed by atoms with Crippen LogP contribution in [0.15, 0.2) is 24.3 Å². The first-order valence-electron chi connectivity index (χ1n) is 5.06. The molecular formula is C12H10N2O3. The fourth-order valence-electron chi connectivity index (χ4n) is 1.80. The summed E-state index contributed by atoms with van der Waals surface area (Å²) in [4.78, 5) is 34.8. The molecule has 1 atom stereocenters. The maximum atomic E-state index is 12.0. The van der Waals surface area contributed by atoms with Gasteiger partial charge in [-0.05, 0) is 0 Å². The third-order valence-corrected chi connectivity index (χ3v) is 2.58. The molecule has 1 aromatic rings. The van der Waals surface area contributed by atoms with E-state index in [9.17, 15) is 14.4 Å². The van der Waals surface area contributed by atoms with Crippen LogP contribution in [0.25, 0.3) is 0 Å². The molecule has 1 aliphatic rings. The van der Waals surface area contributed by atoms with Gasteiger partial charge in [-0.25, -0.2) is 0 Å². The summed E-state index contributed by atoms with van der Waals surface area (Å²) in [5.74, 6) is -1.38. The number of hydrogen-bond donors (Lipinski definition) is 2. The monoisotopic (exact) mass is 230 g/mol. The van der Waals surface area contributed by atoms with Crippen LogP contribution >= 0.6 is 0 Å². The lowest BCUT2D eigenvalue weighted by Crippen LogP contribution is -2.51. The van der Waals surface area contributed by atoms with Crippen molar-refractivity contribution in [2.45, 2.75) is 13.0 Å². The minimum absolute atomic E-state index is 0.226. The van der Waals surface area contributed by atoms with Crippen LogP contribution in [0, 0.1) is 5.41 Å². The Morgan fingerprint density at radius 3 is 2.41 bits per heavy atom. The molecule has 0 aromatic heterocycles. The zero-order chi connectivity index (χ0) is 12.6. The van der Waals surface area contributed by atoms with E-state index in [4.69, 9.17) is 5.41 Å². The summed E-state index contributed by atoms with van der Waals surface area (Å²) in [5.41, 5.74) is 0.0975. The molecule has 0 spiro atoms. The smallest absolute Gasteiger partial charge is 0.217 e. The van der Waals surface area contributed by atoms with Gasteiger partial charge in [-0.15, -0.1) is 0 Å². The normalized spacial score (nSPS) is 18.9. The van der Waals surface area contributed by atoms with Crippen molar-refractivity contribution in [3.05, 3.63) is 35.4 Å². The quantitative estimate of drug-likeness (QED) is 0.740. The van der Waals surface area contributed by atoms with Crippen molar-refractivity contribution >= 4 is 23.2 Å². The van der Waals surface area contributed by atoms with Gasteiger partial charge in [-0.3, -0.25) is 19.8 Å². The highest BCUT2D eigenvalue weighted by molar-refractivity contribution is 6.54. The second kappa shape index (κ2) is 3.93. The molecule has 0 heterocycles. The molecule has 1 amide bonds. The molecule has 2 N–H and O–H groups in total. The maximum absolute atomic E-state index is 12.0. The van der Waals surface area contributed by atoms with E-state index in [2.05, 4.69) is 5.32 Å². The molecule has 2 rings (SSSR count). The lowest BCUT2D eigenvalue weighted by molar-refractivity contribution is -0.119. The van der Waals surface area contributed by atoms with Gasteiger partial charge in [0.1, 0.15) is 11.8 Å². The van der Waals surface area contributed by atoms with Crippen molar-refractivity contribution in [3.8, 4) is 0 Å². The van der Waals surface area contributed by atoms with Crippen LogP contribution in [0.4, 0.5) is 0 Å². The summed E-state index contributed by atoms with van der Waals surface area (Å²) in [7, 11) is 0. The number of ketones is 2. The average molecular weight is 230 g/mol. The van der Waals surface area contributed by atoms with Crippen LogP contribution in [-0.2, 0) is 4.79 Å². The highest BCUT2D eigenvalue weighted by Crippen LogP contribution is 2.19. The minimum Gasteiger partial charge on any atom is -0.341 e. The standard InChI is InChI=1S/C12H10N2O3/c1-6(15)14-10-9(13)11(16)7-4-2-3-5-8(7)12(10)17/h2-5,10,13H,1H3,(H,14,15)/t10-/m0/s1. The fraction of sp³-hybridized carbons (Fsp3) is 0.167. The molecule has 5 nitrogen and oxygen atoms in total. The number of benzene rings is 1. The largest absolute Gasteiger partial charge is 0.341 e. The Morgan fingerprint density at radius 2 is 1.82 bits per heavy atom. The third kappa shape index (κ3) is 1.75. The van der Waals surface area contributed by atoms with Crippen LogP contribution in [0.5, 0.6) is 0 Å². The van der Waals surface area contributed by atoms with E-state index in [-0.39, 0.29) is 16.8 Å². The van der Waals surface area contributed by atoms with E-state index < -0.39 is 23.5 Å². The molecule has 86 valence electrons. The lowest BCUT2D eigenvalue weighted by Gasteiger charge is -2.23. The Hall–Kier alpha value is -2.30. The lowest BCUT2D eigenvalue weighted by atomic mass is 9.84. The highest BCUT2D eigenvalue weighted by Gasteiger charge is 2.37. The number of rotatable bonds is 1. The first-order chi connectivity index (χ1) is 8.02. The molecule has 0 aliphatic heterocycles. The molecule has 0 bridgehead atoms. The van der Waals surface area contributed by atoms with Crippen molar-refractivity contribution in [2.75, 3.05) is 0 Å². The van der Waals surface area contributed by atoms with Gasteiger partial charge in [-0.1, -0.05) is 24.3 Å². The Labute approximate surface area is 97.3 Å². The van der Waals surface area contributed by atoms with Gasteiger partial charge >= 0.3 is 0 Å². The number of carbonyl (C=O) groups excluding carboxylic acids is 3. The van der Waals surface area contributed by atoms with Gasteiger partial charge < -0.3 is 5.32 Å². The predicted octanol–water partition coefficient (Wildman–Crippen LogP) is 0.590. The number of amides is 1. The van der Waals surface area contributed by atoms with Gasteiger partial charge in [0.15, 0.2) is 5.78 Å². The highest BCUT2D eigenvalue weighted by atomic mass is 16.2. The van der Waals surface area contributed by atoms with Crippen molar-refractivity contribution in [1.29, 1.82) is 5.41 Å². The van der Waals surface area contributed by atoms with Crippen molar-refractivity contribution in [3.63, 3.8) is 0 Å². The van der Waals surface area contributed by atoms with Gasteiger partial charge in [0.25, 0.3) is 0 Å². The van der Waals surface area contributed by atoms with Gasteiger partial charge in [0.05, 0.1) is 0 Å². The van der Waals surface area contributed by atoms with E-state index in [1.54, 1.807) is 12.1 Å². The van der Waals surface area contributed by atoms with Gasteiger partial charge in [-0.2, -0.15) is 0 Å². The Kier molecular flexibility index (Phi) is 2.59. The summed E-state index contributed by atoms with van der Waals surface area (Å²) in [5, 5.41) is 9.94. The number of fused-ring (bicyclic) bond motifs is 1. The van der Waals surface area contributed by atoms with Crippen LogP contribution in [-0.4, -0.2) is 29.2 Å². The van der Waals surface area contributed by atoms with Gasteiger partial charge in [0, 0.05) is 18.1 Å². The zero-order valence-electron chi connectivity index (χ0n) is 9.11. The Morgan fingerprint density at radius 1 is 1.24 bits per heavy atom. The van der Waals surface area contributed by atoms with Crippen LogP contribution in [0.3, 0.4) is 0 Å². The van der Waals surface area contributed by atoms with Crippen molar-refractivity contribution in [1.82, 2.24) is 5.32 Å². The van der Waals surface area contributed by atoms with E-state index in [0.717, 1.165) is 0 Å². The molecule has 0 saturated heterocycles. The van der Waals surface area contributed by atoms with E-state index in [1.165, 1.54) is 19.1 Å². The number of Topliss-reactive ketones (excluding diaryl/α,β-unsaturated/α-hetero) is 2. The summed E-state index contributed by atoms with van der Waals surface area (Å²) < 4.78 is 0. The first kappa shape index (κ1) is 11.2. The average Bonchev–Trinajstić information content (AvgIpc) is 2.31. The van der Waals surface area contributed by atoms with Crippen molar-refractivity contribution < 1.29 is 14.4 Å². The SMILES string of the molecule is CC(=O)N[C@H]1C(=N)C(=O)c2ccccc2C1=O. The molecule has 0 radical (unpaired) electrons.